The predicted octanol–water partition coefficient (Wildman–Crippen LogP) is 14.1. The molecule has 9 aromatic rings. The van der Waals surface area contributed by atoms with Crippen LogP contribution in [0.1, 0.15) is 33.3 Å². The molecule has 2 heteroatoms. The van der Waals surface area contributed by atoms with Gasteiger partial charge in [-0.25, -0.2) is 0 Å². The van der Waals surface area contributed by atoms with Crippen LogP contribution in [0.5, 0.6) is 0 Å². The van der Waals surface area contributed by atoms with E-state index >= 15 is 0 Å². The Labute approximate surface area is 323 Å². The maximum absolute atomic E-state index is 5.41. The summed E-state index contributed by atoms with van der Waals surface area (Å²) in [7, 11) is 0. The molecule has 0 aromatic heterocycles. The van der Waals surface area contributed by atoms with Gasteiger partial charge in [-0.3, -0.25) is 4.99 Å². The second kappa shape index (κ2) is 12.5. The molecule has 264 valence electrons. The lowest BCUT2D eigenvalue weighted by molar-refractivity contribution is 0.338. The Balaban J connectivity index is 1.21. The largest absolute Gasteiger partial charge is 0.318 e. The van der Waals surface area contributed by atoms with E-state index in [0.29, 0.717) is 0 Å². The molecule has 0 radical (unpaired) electrons. The van der Waals surface area contributed by atoms with Gasteiger partial charge in [-0.05, 0) is 141 Å². The average Bonchev–Trinajstić information content (AvgIpc) is 3.42. The van der Waals surface area contributed by atoms with Crippen LogP contribution in [0.15, 0.2) is 187 Å². The first-order valence-electron chi connectivity index (χ1n) is 19.3. The molecule has 10 rings (SSSR count). The first-order valence-corrected chi connectivity index (χ1v) is 19.3. The van der Waals surface area contributed by atoms with Gasteiger partial charge in [-0.1, -0.05) is 146 Å². The lowest BCUT2D eigenvalue weighted by atomic mass is 9.83. The van der Waals surface area contributed by atoms with Gasteiger partial charge in [-0.2, -0.15) is 0 Å². The Kier molecular flexibility index (Phi) is 7.54. The molecule has 1 heterocycles. The van der Waals surface area contributed by atoms with Gasteiger partial charge in [0, 0.05) is 11.3 Å². The molecule has 1 aliphatic rings. The van der Waals surface area contributed by atoms with Crippen molar-refractivity contribution in [2.75, 3.05) is 4.90 Å². The van der Waals surface area contributed by atoms with Crippen LogP contribution in [0, 0.1) is 0 Å². The van der Waals surface area contributed by atoms with Crippen molar-refractivity contribution < 1.29 is 0 Å². The van der Waals surface area contributed by atoms with Gasteiger partial charge >= 0.3 is 0 Å². The molecule has 0 spiro atoms. The molecule has 55 heavy (non-hydrogen) atoms. The standard InChI is InChI=1S/C53H42N2/c1-52(2)53(3,4)55(44-21-6-5-7-22-44)51(54-52)43-20-14-19-39(33-43)40-29-30-47-48(34-40)50(42-28-26-36-16-9-11-18-38(36)32-42)46-24-13-12-23-45(46)49(47)41-27-25-35-15-8-10-17-37(35)31-41/h5-34H,1-4H3. The minimum Gasteiger partial charge on any atom is -0.318 e. The molecule has 0 bridgehead atoms. The molecule has 9 aromatic carbocycles. The van der Waals surface area contributed by atoms with E-state index in [-0.39, 0.29) is 11.1 Å². The van der Waals surface area contributed by atoms with Crippen LogP contribution in [-0.2, 0) is 0 Å². The van der Waals surface area contributed by atoms with Crippen molar-refractivity contribution in [1.82, 2.24) is 0 Å². The summed E-state index contributed by atoms with van der Waals surface area (Å²) >= 11 is 0. The first-order chi connectivity index (χ1) is 26.8. The quantitative estimate of drug-likeness (QED) is 0.163. The fourth-order valence-corrected chi connectivity index (χ4v) is 8.71. The van der Waals surface area contributed by atoms with Crippen LogP contribution in [0.4, 0.5) is 5.69 Å². The maximum Gasteiger partial charge on any atom is 0.136 e. The molecule has 0 saturated heterocycles. The lowest BCUT2D eigenvalue weighted by Crippen LogP contribution is -2.53. The van der Waals surface area contributed by atoms with Crippen molar-refractivity contribution in [2.45, 2.75) is 38.8 Å². The van der Waals surface area contributed by atoms with Crippen LogP contribution in [0.3, 0.4) is 0 Å². The zero-order valence-electron chi connectivity index (χ0n) is 31.7. The summed E-state index contributed by atoms with van der Waals surface area (Å²) in [6.45, 7) is 9.09. The van der Waals surface area contributed by atoms with Gasteiger partial charge in [0.2, 0.25) is 0 Å². The van der Waals surface area contributed by atoms with Crippen molar-refractivity contribution in [2.24, 2.45) is 4.99 Å². The summed E-state index contributed by atoms with van der Waals surface area (Å²) in [5, 5.41) is 9.98. The van der Waals surface area contributed by atoms with Crippen LogP contribution >= 0.6 is 0 Å². The molecule has 0 fully saturated rings. The number of amidine groups is 1. The maximum atomic E-state index is 5.41. The van der Waals surface area contributed by atoms with Gasteiger partial charge in [0.25, 0.3) is 0 Å². The molecule has 0 amide bonds. The molecule has 0 unspecified atom stereocenters. The smallest absolute Gasteiger partial charge is 0.136 e. The summed E-state index contributed by atoms with van der Waals surface area (Å²) in [5.74, 6) is 1.00. The predicted molar refractivity (Wildman–Crippen MR) is 236 cm³/mol. The topological polar surface area (TPSA) is 15.6 Å². The number of hydrogen-bond acceptors (Lipinski definition) is 2. The third-order valence-electron chi connectivity index (χ3n) is 12.2. The number of aliphatic imine (C=N–C) groups is 1. The number of nitrogens with zero attached hydrogens (tertiary/aromatic N) is 2. The van der Waals surface area contributed by atoms with E-state index in [2.05, 4.69) is 215 Å². The van der Waals surface area contributed by atoms with Gasteiger partial charge in [0.15, 0.2) is 0 Å². The molecular weight excluding hydrogens is 665 g/mol. The molecule has 0 aliphatic carbocycles. The van der Waals surface area contributed by atoms with E-state index in [0.717, 1.165) is 17.1 Å². The first kappa shape index (κ1) is 33.1. The van der Waals surface area contributed by atoms with Gasteiger partial charge in [0.1, 0.15) is 5.84 Å². The Morgan fingerprint density at radius 2 is 0.855 bits per heavy atom. The molecule has 2 nitrogen and oxygen atoms in total. The Hall–Kier alpha value is -6.51. The van der Waals surface area contributed by atoms with Gasteiger partial charge < -0.3 is 4.90 Å². The van der Waals surface area contributed by atoms with Crippen molar-refractivity contribution >= 4 is 54.6 Å². The van der Waals surface area contributed by atoms with E-state index in [9.17, 15) is 0 Å². The zero-order valence-corrected chi connectivity index (χ0v) is 31.7. The Morgan fingerprint density at radius 3 is 1.49 bits per heavy atom. The molecule has 0 saturated carbocycles. The highest BCUT2D eigenvalue weighted by Gasteiger charge is 2.49. The fraction of sp³-hybridized carbons (Fsp3) is 0.113. The third-order valence-corrected chi connectivity index (χ3v) is 12.2. The highest BCUT2D eigenvalue weighted by molar-refractivity contribution is 6.23. The number of para-hydroxylation sites is 1. The van der Waals surface area contributed by atoms with E-state index in [1.807, 2.05) is 0 Å². The molecule has 0 N–H and O–H groups in total. The van der Waals surface area contributed by atoms with E-state index in [1.54, 1.807) is 0 Å². The normalized spacial score (nSPS) is 14.9. The summed E-state index contributed by atoms with van der Waals surface area (Å²) in [5.41, 5.74) is 9.09. The molecule has 0 atom stereocenters. The molecular formula is C53H42N2. The number of benzene rings is 9. The number of rotatable bonds is 5. The monoisotopic (exact) mass is 706 g/mol. The lowest BCUT2D eigenvalue weighted by Gasteiger charge is -2.41. The summed E-state index contributed by atoms with van der Waals surface area (Å²) < 4.78 is 0. The summed E-state index contributed by atoms with van der Waals surface area (Å²) in [6.07, 6.45) is 0. The van der Waals surface area contributed by atoms with E-state index in [4.69, 9.17) is 4.99 Å². The van der Waals surface area contributed by atoms with E-state index < -0.39 is 0 Å². The van der Waals surface area contributed by atoms with Crippen LogP contribution in [-0.4, -0.2) is 16.9 Å². The van der Waals surface area contributed by atoms with Crippen molar-refractivity contribution in [3.05, 3.63) is 188 Å². The van der Waals surface area contributed by atoms with Crippen molar-refractivity contribution in [1.29, 1.82) is 0 Å². The van der Waals surface area contributed by atoms with Crippen LogP contribution in [0.25, 0.3) is 76.5 Å². The summed E-state index contributed by atoms with van der Waals surface area (Å²) in [6, 6.07) is 66.8. The minimum atomic E-state index is -0.286. The highest BCUT2D eigenvalue weighted by atomic mass is 15.3. The number of hydrogen-bond donors (Lipinski definition) is 0. The highest BCUT2D eigenvalue weighted by Crippen LogP contribution is 2.46. The van der Waals surface area contributed by atoms with Gasteiger partial charge in [-0.15, -0.1) is 0 Å². The van der Waals surface area contributed by atoms with Crippen LogP contribution < -0.4 is 4.90 Å². The van der Waals surface area contributed by atoms with Gasteiger partial charge in [0.05, 0.1) is 11.1 Å². The SMILES string of the molecule is CC1(C)N=C(c2cccc(-c3ccc4c(-c5ccc6ccccc6c5)c5ccccc5c(-c5ccc6ccccc6c5)c4c3)c2)N(c2ccccc2)C1(C)C. The Morgan fingerprint density at radius 1 is 0.364 bits per heavy atom. The van der Waals surface area contributed by atoms with Crippen LogP contribution in [0.2, 0.25) is 0 Å². The van der Waals surface area contributed by atoms with Crippen molar-refractivity contribution in [3.63, 3.8) is 0 Å². The second-order valence-electron chi connectivity index (χ2n) is 16.0. The fourth-order valence-electron chi connectivity index (χ4n) is 8.71. The second-order valence-corrected chi connectivity index (χ2v) is 16.0. The minimum absolute atomic E-state index is 0.225. The summed E-state index contributed by atoms with van der Waals surface area (Å²) in [4.78, 5) is 7.83. The third kappa shape index (κ3) is 5.35. The zero-order chi connectivity index (χ0) is 37.3. The Bertz CT molecular complexity index is 2990. The molecule has 1 aliphatic heterocycles. The van der Waals surface area contributed by atoms with Crippen molar-refractivity contribution in [3.8, 4) is 33.4 Å². The average molecular weight is 707 g/mol. The number of fused-ring (bicyclic) bond motifs is 4. The van der Waals surface area contributed by atoms with E-state index in [1.165, 1.54) is 76.5 Å². The number of anilines is 1.